The predicted molar refractivity (Wildman–Crippen MR) is 86.5 cm³/mol. The van der Waals surface area contributed by atoms with Gasteiger partial charge in [-0.05, 0) is 18.6 Å². The van der Waals surface area contributed by atoms with Crippen LogP contribution in [-0.4, -0.2) is 33.6 Å². The second-order valence-corrected chi connectivity index (χ2v) is 5.53. The first-order valence-corrected chi connectivity index (χ1v) is 7.88. The van der Waals surface area contributed by atoms with Crippen molar-refractivity contribution in [3.8, 4) is 5.75 Å². The normalized spacial score (nSPS) is 10.5. The molecule has 0 bridgehead atoms. The van der Waals surface area contributed by atoms with Crippen LogP contribution in [0, 0.1) is 0 Å². The first kappa shape index (κ1) is 16.2. The molecule has 8 heteroatoms. The van der Waals surface area contributed by atoms with Gasteiger partial charge in [0.15, 0.2) is 5.82 Å². The number of nitrogens with zero attached hydrogens (tertiary/aromatic N) is 3. The lowest BCUT2D eigenvalue weighted by Crippen LogP contribution is -2.17. The maximum Gasteiger partial charge on any atom is 0.234 e. The van der Waals surface area contributed by atoms with Crippen molar-refractivity contribution in [3.63, 3.8) is 0 Å². The first-order valence-electron chi connectivity index (χ1n) is 6.90. The summed E-state index contributed by atoms with van der Waals surface area (Å²) < 4.78 is 6.55. The Bertz CT molecular complexity index is 644. The van der Waals surface area contributed by atoms with Crippen molar-refractivity contribution in [2.75, 3.05) is 24.0 Å². The highest BCUT2D eigenvalue weighted by Gasteiger charge is 2.11. The highest BCUT2D eigenvalue weighted by atomic mass is 32.2. The molecule has 0 radical (unpaired) electrons. The molecule has 0 unspecified atom stereocenters. The average molecular weight is 321 g/mol. The summed E-state index contributed by atoms with van der Waals surface area (Å²) in [5.41, 5.74) is 0.686. The molecular weight excluding hydrogens is 302 g/mol. The molecule has 0 aliphatic heterocycles. The van der Waals surface area contributed by atoms with Crippen LogP contribution in [0.4, 0.5) is 5.69 Å². The summed E-state index contributed by atoms with van der Waals surface area (Å²) in [6, 6.07) is 7.19. The molecule has 7 nitrogen and oxygen atoms in total. The van der Waals surface area contributed by atoms with Crippen molar-refractivity contribution in [1.29, 1.82) is 0 Å². The monoisotopic (exact) mass is 321 g/mol. The van der Waals surface area contributed by atoms with Gasteiger partial charge in [0, 0.05) is 18.2 Å². The van der Waals surface area contributed by atoms with Gasteiger partial charge in [-0.25, -0.2) is 4.68 Å². The Balaban J connectivity index is 1.90. The molecular formula is C14H19N5O2S. The van der Waals surface area contributed by atoms with E-state index in [1.807, 2.05) is 19.1 Å². The molecule has 22 heavy (non-hydrogen) atoms. The van der Waals surface area contributed by atoms with Gasteiger partial charge < -0.3 is 15.9 Å². The van der Waals surface area contributed by atoms with Gasteiger partial charge in [-0.1, -0.05) is 24.8 Å². The minimum Gasteiger partial charge on any atom is -0.497 e. The fourth-order valence-electron chi connectivity index (χ4n) is 1.83. The zero-order chi connectivity index (χ0) is 15.9. The summed E-state index contributed by atoms with van der Waals surface area (Å²) in [6.07, 6.45) is 1.70. The summed E-state index contributed by atoms with van der Waals surface area (Å²) in [4.78, 5) is 12.0. The lowest BCUT2D eigenvalue weighted by Gasteiger charge is -2.07. The molecule has 118 valence electrons. The van der Waals surface area contributed by atoms with Gasteiger partial charge in [0.1, 0.15) is 5.75 Å². The molecule has 2 aromatic rings. The van der Waals surface area contributed by atoms with Crippen LogP contribution in [0.3, 0.4) is 0 Å². The highest BCUT2D eigenvalue weighted by Crippen LogP contribution is 2.18. The van der Waals surface area contributed by atoms with Gasteiger partial charge >= 0.3 is 0 Å². The van der Waals surface area contributed by atoms with Gasteiger partial charge in [0.25, 0.3) is 0 Å². The van der Waals surface area contributed by atoms with Gasteiger partial charge in [0.05, 0.1) is 12.9 Å². The van der Waals surface area contributed by atoms with Crippen molar-refractivity contribution in [3.05, 3.63) is 30.1 Å². The van der Waals surface area contributed by atoms with Gasteiger partial charge in [0.2, 0.25) is 11.1 Å². The number of aromatic nitrogens is 3. The van der Waals surface area contributed by atoms with Crippen molar-refractivity contribution in [2.24, 2.45) is 0 Å². The summed E-state index contributed by atoms with van der Waals surface area (Å²) in [6.45, 7) is 2.04. The summed E-state index contributed by atoms with van der Waals surface area (Å²) in [7, 11) is 1.58. The number of carbonyl (C=O) groups excluding carboxylic acids is 1. The van der Waals surface area contributed by atoms with E-state index in [0.29, 0.717) is 16.6 Å². The lowest BCUT2D eigenvalue weighted by molar-refractivity contribution is -0.113. The zero-order valence-electron chi connectivity index (χ0n) is 12.6. The van der Waals surface area contributed by atoms with Crippen LogP contribution in [0.2, 0.25) is 0 Å². The van der Waals surface area contributed by atoms with Crippen LogP contribution in [0.1, 0.15) is 19.2 Å². The molecule has 2 rings (SSSR count). The van der Waals surface area contributed by atoms with Crippen LogP contribution in [0.15, 0.2) is 29.4 Å². The van der Waals surface area contributed by atoms with Gasteiger partial charge in [-0.2, -0.15) is 0 Å². The van der Waals surface area contributed by atoms with Gasteiger partial charge in [-0.15, -0.1) is 10.2 Å². The standard InChI is InChI=1S/C14H19N5O2S/c1-3-5-12-17-18-14(19(12)15)22-9-13(20)16-10-6-4-7-11(8-10)21-2/h4,6-8H,3,5,9,15H2,1-2H3,(H,16,20). The van der Waals surface area contributed by atoms with E-state index in [1.54, 1.807) is 19.2 Å². The minimum absolute atomic E-state index is 0.140. The number of carbonyl (C=O) groups is 1. The molecule has 0 atom stereocenters. The first-order chi connectivity index (χ1) is 10.6. The molecule has 1 heterocycles. The van der Waals surface area contributed by atoms with Crippen LogP contribution in [0.25, 0.3) is 0 Å². The number of hydrogen-bond donors (Lipinski definition) is 2. The predicted octanol–water partition coefficient (Wildman–Crippen LogP) is 1.68. The summed E-state index contributed by atoms with van der Waals surface area (Å²) in [5.74, 6) is 7.37. The SMILES string of the molecule is CCCc1nnc(SCC(=O)Nc2cccc(OC)c2)n1N. The fourth-order valence-corrected chi connectivity index (χ4v) is 2.50. The number of benzene rings is 1. The quantitative estimate of drug-likeness (QED) is 0.595. The van der Waals surface area contributed by atoms with E-state index >= 15 is 0 Å². The summed E-state index contributed by atoms with van der Waals surface area (Å²) in [5, 5.41) is 11.3. The number of amides is 1. The number of ether oxygens (including phenoxy) is 1. The Morgan fingerprint density at radius 1 is 1.45 bits per heavy atom. The number of nitrogens with one attached hydrogen (secondary N) is 1. The zero-order valence-corrected chi connectivity index (χ0v) is 13.4. The highest BCUT2D eigenvalue weighted by molar-refractivity contribution is 7.99. The van der Waals surface area contributed by atoms with Crippen LogP contribution in [-0.2, 0) is 11.2 Å². The number of hydrogen-bond acceptors (Lipinski definition) is 6. The maximum absolute atomic E-state index is 12.0. The Morgan fingerprint density at radius 3 is 3.00 bits per heavy atom. The maximum atomic E-state index is 12.0. The van der Waals surface area contributed by atoms with E-state index in [2.05, 4.69) is 15.5 Å². The van der Waals surface area contributed by atoms with Crippen molar-refractivity contribution < 1.29 is 9.53 Å². The fraction of sp³-hybridized carbons (Fsp3) is 0.357. The van der Waals surface area contributed by atoms with E-state index in [9.17, 15) is 4.79 Å². The van der Waals surface area contributed by atoms with Crippen LogP contribution in [0.5, 0.6) is 5.75 Å². The molecule has 0 saturated carbocycles. The molecule has 0 saturated heterocycles. The van der Waals surface area contributed by atoms with E-state index < -0.39 is 0 Å². The van der Waals surface area contributed by atoms with E-state index in [1.165, 1.54) is 16.4 Å². The van der Waals surface area contributed by atoms with Crippen LogP contribution >= 0.6 is 11.8 Å². The van der Waals surface area contributed by atoms with Crippen LogP contribution < -0.4 is 15.9 Å². The van der Waals surface area contributed by atoms with E-state index in [-0.39, 0.29) is 11.7 Å². The summed E-state index contributed by atoms with van der Waals surface area (Å²) >= 11 is 1.25. The molecule has 0 aliphatic rings. The average Bonchev–Trinajstić information content (AvgIpc) is 2.86. The van der Waals surface area contributed by atoms with Crippen molar-refractivity contribution in [1.82, 2.24) is 14.9 Å². The number of aryl methyl sites for hydroxylation is 1. The number of thioether (sulfide) groups is 1. The number of methoxy groups -OCH3 is 1. The smallest absolute Gasteiger partial charge is 0.234 e. The van der Waals surface area contributed by atoms with E-state index in [0.717, 1.165) is 18.7 Å². The molecule has 0 aliphatic carbocycles. The number of rotatable bonds is 7. The molecule has 3 N–H and O–H groups in total. The molecule has 0 spiro atoms. The Hall–Kier alpha value is -2.22. The number of anilines is 1. The number of nitrogen functional groups attached to an aromatic ring is 1. The second-order valence-electron chi connectivity index (χ2n) is 4.59. The molecule has 1 amide bonds. The molecule has 0 fully saturated rings. The second kappa shape index (κ2) is 7.69. The van der Waals surface area contributed by atoms with Crippen molar-refractivity contribution >= 4 is 23.4 Å². The Kier molecular flexibility index (Phi) is 5.65. The lowest BCUT2D eigenvalue weighted by atomic mass is 10.3. The van der Waals surface area contributed by atoms with Crippen molar-refractivity contribution in [2.45, 2.75) is 24.9 Å². The third-order valence-electron chi connectivity index (χ3n) is 2.89. The molecule has 1 aromatic carbocycles. The third kappa shape index (κ3) is 4.14. The Morgan fingerprint density at radius 2 is 2.27 bits per heavy atom. The largest absolute Gasteiger partial charge is 0.497 e. The third-order valence-corrected chi connectivity index (χ3v) is 3.84. The van der Waals surface area contributed by atoms with E-state index in [4.69, 9.17) is 10.6 Å². The topological polar surface area (TPSA) is 95.1 Å². The number of nitrogens with two attached hydrogens (primary N) is 1. The Labute approximate surface area is 133 Å². The van der Waals surface area contributed by atoms with Gasteiger partial charge in [-0.3, -0.25) is 4.79 Å². The minimum atomic E-state index is -0.140. The molecule has 1 aromatic heterocycles.